The van der Waals surface area contributed by atoms with Crippen LogP contribution in [-0.2, 0) is 6.42 Å². The van der Waals surface area contributed by atoms with Crippen LogP contribution in [0.25, 0.3) is 0 Å². The van der Waals surface area contributed by atoms with Crippen LogP contribution in [0.5, 0.6) is 5.75 Å². The fourth-order valence-corrected chi connectivity index (χ4v) is 4.81. The zero-order valence-electron chi connectivity index (χ0n) is 21.4. The Bertz CT molecular complexity index is 638. The monoisotopic (exact) mass is 432 g/mol. The van der Waals surface area contributed by atoms with Crippen molar-refractivity contribution < 1.29 is 9.13 Å². The maximum Gasteiger partial charge on any atom is 0.126 e. The van der Waals surface area contributed by atoms with E-state index in [9.17, 15) is 4.39 Å². The molecule has 2 rings (SSSR count). The van der Waals surface area contributed by atoms with Crippen molar-refractivity contribution in [2.24, 2.45) is 17.8 Å². The third-order valence-electron chi connectivity index (χ3n) is 6.86. The Morgan fingerprint density at radius 2 is 1.48 bits per heavy atom. The summed E-state index contributed by atoms with van der Waals surface area (Å²) in [5.41, 5.74) is 1.87. The largest absolute Gasteiger partial charge is 0.487 e. The molecule has 0 unspecified atom stereocenters. The van der Waals surface area contributed by atoms with Gasteiger partial charge in [0.2, 0.25) is 0 Å². The first-order chi connectivity index (χ1) is 14.7. The zero-order chi connectivity index (χ0) is 23.4. The lowest BCUT2D eigenvalue weighted by atomic mass is 9.85. The number of hydrogen-bond acceptors (Lipinski definition) is 1. The summed E-state index contributed by atoms with van der Waals surface area (Å²) >= 11 is 0. The molecule has 1 heterocycles. The molecule has 0 saturated carbocycles. The Labute approximate surface area is 192 Å². The number of benzene rings is 1. The van der Waals surface area contributed by atoms with Crippen molar-refractivity contribution in [2.45, 2.75) is 118 Å². The average Bonchev–Trinajstić information content (AvgIpc) is 2.70. The van der Waals surface area contributed by atoms with E-state index < -0.39 is 0 Å². The third kappa shape index (κ3) is 10.2. The van der Waals surface area contributed by atoms with E-state index in [0.717, 1.165) is 53.9 Å². The molecular formula is C29H49FO. The van der Waals surface area contributed by atoms with Gasteiger partial charge in [0.15, 0.2) is 0 Å². The van der Waals surface area contributed by atoms with Crippen molar-refractivity contribution in [1.82, 2.24) is 0 Å². The van der Waals surface area contributed by atoms with E-state index in [1.807, 2.05) is 6.92 Å². The molecule has 1 aromatic rings. The van der Waals surface area contributed by atoms with Crippen LogP contribution in [0, 0.1) is 30.5 Å². The second-order valence-electron chi connectivity index (χ2n) is 10.6. The Morgan fingerprint density at radius 3 is 2.06 bits per heavy atom. The predicted molar refractivity (Wildman–Crippen MR) is 134 cm³/mol. The molecule has 178 valence electrons. The van der Waals surface area contributed by atoms with Crippen LogP contribution in [0.2, 0.25) is 0 Å². The van der Waals surface area contributed by atoms with Crippen molar-refractivity contribution in [3.05, 3.63) is 42.2 Å². The van der Waals surface area contributed by atoms with Crippen LogP contribution < -0.4 is 4.74 Å². The van der Waals surface area contributed by atoms with Gasteiger partial charge in [-0.3, -0.25) is 0 Å². The smallest absolute Gasteiger partial charge is 0.126 e. The minimum atomic E-state index is -0.142. The summed E-state index contributed by atoms with van der Waals surface area (Å²) in [6.45, 7) is 19.7. The highest BCUT2D eigenvalue weighted by Gasteiger charge is 2.32. The maximum absolute atomic E-state index is 13.6. The SMILES string of the molecule is C=C.Cc1cc(F)cc2c1O[C@](C)(CCC[C@H](C)CCC[C@H](C)CCCC(C)C)CC2. The lowest BCUT2D eigenvalue weighted by molar-refractivity contribution is 0.0514. The lowest BCUT2D eigenvalue weighted by Crippen LogP contribution is -2.36. The van der Waals surface area contributed by atoms with Crippen LogP contribution in [0.3, 0.4) is 0 Å². The van der Waals surface area contributed by atoms with Crippen LogP contribution in [0.1, 0.15) is 110 Å². The van der Waals surface area contributed by atoms with Crippen LogP contribution in [-0.4, -0.2) is 5.60 Å². The van der Waals surface area contributed by atoms with E-state index in [4.69, 9.17) is 4.74 Å². The normalized spacial score (nSPS) is 19.7. The molecule has 0 saturated heterocycles. The number of rotatable bonds is 12. The highest BCUT2D eigenvalue weighted by atomic mass is 19.1. The highest BCUT2D eigenvalue weighted by molar-refractivity contribution is 5.43. The molecule has 3 atom stereocenters. The quantitative estimate of drug-likeness (QED) is 0.299. The topological polar surface area (TPSA) is 9.23 Å². The van der Waals surface area contributed by atoms with Gasteiger partial charge < -0.3 is 4.74 Å². The van der Waals surface area contributed by atoms with E-state index in [0.29, 0.717) is 0 Å². The number of hydrogen-bond donors (Lipinski definition) is 0. The molecule has 31 heavy (non-hydrogen) atoms. The van der Waals surface area contributed by atoms with E-state index >= 15 is 0 Å². The van der Waals surface area contributed by atoms with E-state index in [1.54, 1.807) is 12.1 Å². The Hall–Kier alpha value is -1.31. The van der Waals surface area contributed by atoms with E-state index in [1.165, 1.54) is 51.4 Å². The van der Waals surface area contributed by atoms with Gasteiger partial charge in [-0.25, -0.2) is 4.39 Å². The molecule has 0 N–H and O–H groups in total. The summed E-state index contributed by atoms with van der Waals surface area (Å²) in [5.74, 6) is 3.31. The van der Waals surface area contributed by atoms with Crippen molar-refractivity contribution >= 4 is 0 Å². The van der Waals surface area contributed by atoms with Gasteiger partial charge in [-0.05, 0) is 80.5 Å². The number of ether oxygens (including phenoxy) is 1. The van der Waals surface area contributed by atoms with Gasteiger partial charge in [0, 0.05) is 0 Å². The number of fused-ring (bicyclic) bond motifs is 1. The predicted octanol–water partition coefficient (Wildman–Crippen LogP) is 9.46. The average molecular weight is 433 g/mol. The van der Waals surface area contributed by atoms with E-state index in [2.05, 4.69) is 47.8 Å². The molecule has 0 amide bonds. The van der Waals surface area contributed by atoms with Crippen LogP contribution >= 0.6 is 0 Å². The molecule has 0 spiro atoms. The lowest BCUT2D eigenvalue weighted by Gasteiger charge is -2.37. The second-order valence-corrected chi connectivity index (χ2v) is 10.6. The first-order valence-corrected chi connectivity index (χ1v) is 12.7. The molecule has 0 fully saturated rings. The molecule has 1 aliphatic heterocycles. The van der Waals surface area contributed by atoms with Crippen molar-refractivity contribution in [1.29, 1.82) is 0 Å². The maximum atomic E-state index is 13.6. The molecule has 0 aliphatic carbocycles. The summed E-state index contributed by atoms with van der Waals surface area (Å²) in [6.07, 6.45) is 13.8. The number of halogens is 1. The molecule has 1 aromatic carbocycles. The Morgan fingerprint density at radius 1 is 0.935 bits per heavy atom. The molecular weight excluding hydrogens is 383 g/mol. The Balaban J connectivity index is 0.00000233. The van der Waals surface area contributed by atoms with Crippen molar-refractivity contribution in [2.75, 3.05) is 0 Å². The molecule has 0 radical (unpaired) electrons. The Kier molecular flexibility index (Phi) is 12.5. The summed E-state index contributed by atoms with van der Waals surface area (Å²) in [7, 11) is 0. The van der Waals surface area contributed by atoms with Crippen LogP contribution in [0.4, 0.5) is 4.39 Å². The molecule has 1 nitrogen and oxygen atoms in total. The first-order valence-electron chi connectivity index (χ1n) is 12.7. The molecule has 2 heteroatoms. The van der Waals surface area contributed by atoms with Gasteiger partial charge in [-0.15, -0.1) is 13.2 Å². The minimum absolute atomic E-state index is 0.0970. The van der Waals surface area contributed by atoms with Gasteiger partial charge in [-0.1, -0.05) is 72.6 Å². The molecule has 1 aliphatic rings. The minimum Gasteiger partial charge on any atom is -0.487 e. The summed E-state index contributed by atoms with van der Waals surface area (Å²) < 4.78 is 20.0. The fourth-order valence-electron chi connectivity index (χ4n) is 4.81. The molecule has 0 bridgehead atoms. The first kappa shape index (κ1) is 27.7. The second kappa shape index (κ2) is 14.0. The summed E-state index contributed by atoms with van der Waals surface area (Å²) in [4.78, 5) is 0. The fraction of sp³-hybridized carbons (Fsp3) is 0.724. The van der Waals surface area contributed by atoms with Gasteiger partial charge >= 0.3 is 0 Å². The molecule has 0 aromatic heterocycles. The summed E-state index contributed by atoms with van der Waals surface area (Å²) in [6, 6.07) is 3.24. The van der Waals surface area contributed by atoms with Crippen molar-refractivity contribution in [3.8, 4) is 5.75 Å². The highest BCUT2D eigenvalue weighted by Crippen LogP contribution is 2.39. The summed E-state index contributed by atoms with van der Waals surface area (Å²) in [5, 5.41) is 0. The third-order valence-corrected chi connectivity index (χ3v) is 6.86. The van der Waals surface area contributed by atoms with Gasteiger partial charge in [0.1, 0.15) is 17.2 Å². The van der Waals surface area contributed by atoms with Gasteiger partial charge in [0.25, 0.3) is 0 Å². The van der Waals surface area contributed by atoms with E-state index in [-0.39, 0.29) is 11.4 Å². The van der Waals surface area contributed by atoms with Crippen LogP contribution in [0.15, 0.2) is 25.3 Å². The zero-order valence-corrected chi connectivity index (χ0v) is 21.4. The van der Waals surface area contributed by atoms with Crippen molar-refractivity contribution in [3.63, 3.8) is 0 Å². The standard InChI is InChI=1S/C27H45FO.C2H4/c1-20(2)10-7-11-21(3)12-8-13-22(4)14-9-16-27(6)17-15-24-19-25(28)18-23(5)26(24)29-27;1-2/h18-22H,7-17H2,1-6H3;1-2H2/t21-,22-,27-;/m1./s1. The van der Waals surface area contributed by atoms with Gasteiger partial charge in [0.05, 0.1) is 0 Å². The number of aryl methyl sites for hydroxylation is 2. The van der Waals surface area contributed by atoms with Gasteiger partial charge in [-0.2, -0.15) is 0 Å².